The van der Waals surface area contributed by atoms with Crippen LogP contribution in [0.25, 0.3) is 0 Å². The fourth-order valence-electron chi connectivity index (χ4n) is 2.86. The van der Waals surface area contributed by atoms with Crippen molar-refractivity contribution in [3.05, 3.63) is 35.4 Å². The molecule has 0 aliphatic carbocycles. The van der Waals surface area contributed by atoms with Crippen LogP contribution in [0.1, 0.15) is 25.3 Å². The Morgan fingerprint density at radius 1 is 1.33 bits per heavy atom. The van der Waals surface area contributed by atoms with E-state index in [1.54, 1.807) is 18.9 Å². The van der Waals surface area contributed by atoms with E-state index in [1.807, 2.05) is 0 Å². The highest BCUT2D eigenvalue weighted by atomic mass is 127. The summed E-state index contributed by atoms with van der Waals surface area (Å²) in [6.45, 7) is 3.85. The van der Waals surface area contributed by atoms with E-state index in [9.17, 15) is 13.6 Å². The zero-order chi connectivity index (χ0) is 18.9. The third-order valence-electron chi connectivity index (χ3n) is 4.28. The Bertz CT molecular complexity index is 638. The van der Waals surface area contributed by atoms with E-state index in [1.165, 1.54) is 6.07 Å². The lowest BCUT2D eigenvalue weighted by Crippen LogP contribution is -2.50. The molecule has 0 aromatic heterocycles. The van der Waals surface area contributed by atoms with Crippen LogP contribution in [0.5, 0.6) is 0 Å². The number of carbonyl (C=O) groups excluding carboxylic acids is 1. The molecule has 0 unspecified atom stereocenters. The van der Waals surface area contributed by atoms with Gasteiger partial charge < -0.3 is 20.3 Å². The maximum absolute atomic E-state index is 13.6. The minimum atomic E-state index is -0.447. The summed E-state index contributed by atoms with van der Waals surface area (Å²) in [5, 5.41) is 6.41. The number of carbonyl (C=O) groups is 1. The number of benzene rings is 1. The Morgan fingerprint density at radius 3 is 2.67 bits per heavy atom. The number of rotatable bonds is 5. The number of aliphatic imine (C=N–C) groups is 1. The normalized spacial score (nSPS) is 15.1. The molecule has 0 radical (unpaired) electrons. The molecule has 0 atom stereocenters. The third kappa shape index (κ3) is 7.47. The number of likely N-dealkylation sites (tertiary alicyclic amines) is 1. The molecule has 152 valence electrons. The van der Waals surface area contributed by atoms with Crippen LogP contribution in [0.2, 0.25) is 0 Å². The van der Waals surface area contributed by atoms with Crippen molar-refractivity contribution in [3.8, 4) is 0 Å². The molecule has 9 heteroatoms. The van der Waals surface area contributed by atoms with Crippen LogP contribution in [0.15, 0.2) is 23.2 Å². The molecule has 0 bridgehead atoms. The van der Waals surface area contributed by atoms with Crippen molar-refractivity contribution in [2.45, 2.75) is 32.2 Å². The highest BCUT2D eigenvalue weighted by Gasteiger charge is 2.23. The zero-order valence-electron chi connectivity index (χ0n) is 15.6. The number of nitrogens with zero attached hydrogens (tertiary/aromatic N) is 2. The summed E-state index contributed by atoms with van der Waals surface area (Å²) in [4.78, 5) is 17.6. The molecule has 1 aliphatic heterocycles. The monoisotopic (exact) mass is 496 g/mol. The van der Waals surface area contributed by atoms with Gasteiger partial charge in [0, 0.05) is 32.7 Å². The number of ether oxygens (including phenoxy) is 1. The number of hydrogen-bond donors (Lipinski definition) is 2. The number of piperidine rings is 1. The number of guanidine groups is 1. The molecule has 1 aliphatic rings. The van der Waals surface area contributed by atoms with Crippen LogP contribution in [0.3, 0.4) is 0 Å². The van der Waals surface area contributed by atoms with Gasteiger partial charge in [-0.2, -0.15) is 0 Å². The molecule has 2 rings (SSSR count). The Hall–Kier alpha value is -1.65. The predicted octanol–water partition coefficient (Wildman–Crippen LogP) is 2.91. The molecule has 0 saturated carbocycles. The van der Waals surface area contributed by atoms with Crippen LogP contribution in [0, 0.1) is 11.6 Å². The van der Waals surface area contributed by atoms with E-state index < -0.39 is 11.6 Å². The maximum Gasteiger partial charge on any atom is 0.409 e. The SMILES string of the molecule is CCOC(=O)N1CCC(NC(=NC)NCCc2cc(F)ccc2F)CC1.I. The van der Waals surface area contributed by atoms with E-state index >= 15 is 0 Å². The largest absolute Gasteiger partial charge is 0.450 e. The minimum absolute atomic E-state index is 0. The smallest absolute Gasteiger partial charge is 0.409 e. The Balaban J connectivity index is 0.00000364. The standard InChI is InChI=1S/C18H26F2N4O2.HI/c1-3-26-18(25)24-10-7-15(8-11-24)23-17(21-2)22-9-6-13-12-14(19)4-5-16(13)20;/h4-5,12,15H,3,6-11H2,1-2H3,(H2,21,22,23);1H. The van der Waals surface area contributed by atoms with Crippen LogP contribution >= 0.6 is 24.0 Å². The number of amides is 1. The van der Waals surface area contributed by atoms with Crippen LogP contribution in [0.4, 0.5) is 13.6 Å². The number of nitrogens with one attached hydrogen (secondary N) is 2. The van der Waals surface area contributed by atoms with Gasteiger partial charge >= 0.3 is 6.09 Å². The number of hydrogen-bond acceptors (Lipinski definition) is 3. The summed E-state index contributed by atoms with van der Waals surface area (Å²) < 4.78 is 31.8. The molecule has 0 spiro atoms. The average molecular weight is 496 g/mol. The number of halogens is 3. The molecule has 1 amide bonds. The first-order valence-electron chi connectivity index (χ1n) is 8.86. The van der Waals surface area contributed by atoms with Crippen molar-refractivity contribution < 1.29 is 18.3 Å². The lowest BCUT2D eigenvalue weighted by atomic mass is 10.1. The van der Waals surface area contributed by atoms with Crippen LogP contribution < -0.4 is 10.6 Å². The maximum atomic E-state index is 13.6. The third-order valence-corrected chi connectivity index (χ3v) is 4.28. The molecule has 1 heterocycles. The molecule has 1 saturated heterocycles. The van der Waals surface area contributed by atoms with Crippen LogP contribution in [-0.2, 0) is 11.2 Å². The average Bonchev–Trinajstić information content (AvgIpc) is 2.64. The second kappa shape index (κ2) is 11.9. The summed E-state index contributed by atoms with van der Waals surface area (Å²) in [5.41, 5.74) is 0.329. The van der Waals surface area contributed by atoms with E-state index in [4.69, 9.17) is 4.74 Å². The van der Waals surface area contributed by atoms with Gasteiger partial charge in [0.25, 0.3) is 0 Å². The first kappa shape index (κ1) is 23.4. The summed E-state index contributed by atoms with van der Waals surface area (Å²) in [5.74, 6) is -0.254. The van der Waals surface area contributed by atoms with Gasteiger partial charge in [-0.15, -0.1) is 24.0 Å². The van der Waals surface area contributed by atoms with E-state index in [0.29, 0.717) is 44.2 Å². The van der Waals surface area contributed by atoms with Crippen molar-refractivity contribution in [1.82, 2.24) is 15.5 Å². The van der Waals surface area contributed by atoms with Gasteiger partial charge in [-0.1, -0.05) is 0 Å². The van der Waals surface area contributed by atoms with Gasteiger partial charge in [0.2, 0.25) is 0 Å². The quantitative estimate of drug-likeness (QED) is 0.374. The van der Waals surface area contributed by atoms with E-state index in [2.05, 4.69) is 15.6 Å². The van der Waals surface area contributed by atoms with Crippen molar-refractivity contribution in [1.29, 1.82) is 0 Å². The summed E-state index contributed by atoms with van der Waals surface area (Å²) in [6, 6.07) is 3.64. The molecular formula is C18H27F2IN4O2. The van der Waals surface area contributed by atoms with Gasteiger partial charge in [-0.25, -0.2) is 13.6 Å². The minimum Gasteiger partial charge on any atom is -0.450 e. The topological polar surface area (TPSA) is 66.0 Å². The van der Waals surface area contributed by atoms with Gasteiger partial charge in [0.15, 0.2) is 5.96 Å². The Kier molecular flexibility index (Phi) is 10.3. The molecule has 6 nitrogen and oxygen atoms in total. The Labute approximate surface area is 175 Å². The lowest BCUT2D eigenvalue weighted by molar-refractivity contribution is 0.0963. The molecular weight excluding hydrogens is 469 g/mol. The predicted molar refractivity (Wildman–Crippen MR) is 112 cm³/mol. The summed E-state index contributed by atoms with van der Waals surface area (Å²) >= 11 is 0. The van der Waals surface area contributed by atoms with E-state index in [0.717, 1.165) is 25.0 Å². The summed E-state index contributed by atoms with van der Waals surface area (Å²) in [6.07, 6.45) is 1.66. The van der Waals surface area contributed by atoms with Gasteiger partial charge in [0.05, 0.1) is 6.61 Å². The van der Waals surface area contributed by atoms with Gasteiger partial charge in [-0.05, 0) is 49.9 Å². The first-order valence-corrected chi connectivity index (χ1v) is 8.86. The second-order valence-corrected chi connectivity index (χ2v) is 6.09. The van der Waals surface area contributed by atoms with Crippen molar-refractivity contribution in [2.24, 2.45) is 4.99 Å². The Morgan fingerprint density at radius 2 is 2.04 bits per heavy atom. The molecule has 1 fully saturated rings. The summed E-state index contributed by atoms with van der Waals surface area (Å²) in [7, 11) is 1.66. The molecule has 2 N–H and O–H groups in total. The van der Waals surface area contributed by atoms with E-state index in [-0.39, 0.29) is 36.1 Å². The van der Waals surface area contributed by atoms with Crippen molar-refractivity contribution >= 4 is 36.0 Å². The molecule has 27 heavy (non-hydrogen) atoms. The van der Waals surface area contributed by atoms with Crippen LogP contribution in [-0.4, -0.2) is 56.3 Å². The fourth-order valence-corrected chi connectivity index (χ4v) is 2.86. The molecule has 1 aromatic rings. The van der Waals surface area contributed by atoms with Crippen molar-refractivity contribution in [3.63, 3.8) is 0 Å². The van der Waals surface area contributed by atoms with Gasteiger partial charge in [0.1, 0.15) is 11.6 Å². The first-order chi connectivity index (χ1) is 12.5. The zero-order valence-corrected chi connectivity index (χ0v) is 18.0. The van der Waals surface area contributed by atoms with Gasteiger partial charge in [-0.3, -0.25) is 4.99 Å². The fraction of sp³-hybridized carbons (Fsp3) is 0.556. The highest BCUT2D eigenvalue weighted by Crippen LogP contribution is 2.12. The lowest BCUT2D eigenvalue weighted by Gasteiger charge is -2.32. The van der Waals surface area contributed by atoms with Crippen molar-refractivity contribution in [2.75, 3.05) is 33.3 Å². The highest BCUT2D eigenvalue weighted by molar-refractivity contribution is 14.0. The second-order valence-electron chi connectivity index (χ2n) is 6.09. The molecule has 1 aromatic carbocycles.